The van der Waals surface area contributed by atoms with E-state index < -0.39 is 5.60 Å². The predicted octanol–water partition coefficient (Wildman–Crippen LogP) is 2.58. The number of nitrogens with one attached hydrogen (secondary N) is 2. The van der Waals surface area contributed by atoms with Crippen molar-refractivity contribution in [3.05, 3.63) is 11.6 Å². The summed E-state index contributed by atoms with van der Waals surface area (Å²) in [5.74, 6) is 1.64. The van der Waals surface area contributed by atoms with Crippen molar-refractivity contribution < 1.29 is 14.3 Å². The lowest BCUT2D eigenvalue weighted by Crippen LogP contribution is -2.41. The molecule has 1 unspecified atom stereocenters. The molecule has 2 amide bonds. The van der Waals surface area contributed by atoms with Gasteiger partial charge in [0.05, 0.1) is 6.54 Å². The zero-order valence-electron chi connectivity index (χ0n) is 16.5. The molecule has 2 N–H and O–H groups in total. The Hall–Kier alpha value is -2.12. The molecule has 0 saturated carbocycles. The summed E-state index contributed by atoms with van der Waals surface area (Å²) >= 11 is 0. The molecule has 1 saturated heterocycles. The Balaban J connectivity index is 1.82. The second-order valence-corrected chi connectivity index (χ2v) is 7.91. The Bertz CT molecular complexity index is 615. The second-order valence-electron chi connectivity index (χ2n) is 7.91. The van der Waals surface area contributed by atoms with E-state index in [1.165, 1.54) is 0 Å². The van der Waals surface area contributed by atoms with Gasteiger partial charge in [-0.2, -0.15) is 5.10 Å². The van der Waals surface area contributed by atoms with Gasteiger partial charge in [0, 0.05) is 24.9 Å². The molecule has 146 valence electrons. The van der Waals surface area contributed by atoms with Crippen molar-refractivity contribution in [3.63, 3.8) is 0 Å². The number of rotatable bonds is 5. The van der Waals surface area contributed by atoms with E-state index in [1.54, 1.807) is 4.90 Å². The molecular weight excluding hydrogens is 334 g/mol. The molecule has 1 aromatic rings. The summed E-state index contributed by atoms with van der Waals surface area (Å²) in [5.41, 5.74) is -0.480. The number of likely N-dealkylation sites (tertiary alicyclic amines) is 1. The van der Waals surface area contributed by atoms with Gasteiger partial charge in [0.15, 0.2) is 5.82 Å². The first-order valence-corrected chi connectivity index (χ1v) is 9.36. The van der Waals surface area contributed by atoms with Crippen LogP contribution in [0.2, 0.25) is 0 Å². The van der Waals surface area contributed by atoms with E-state index in [0.717, 1.165) is 25.1 Å². The highest BCUT2D eigenvalue weighted by molar-refractivity contribution is 5.78. The van der Waals surface area contributed by atoms with Crippen molar-refractivity contribution in [2.24, 2.45) is 5.92 Å². The lowest BCUT2D eigenvalue weighted by molar-refractivity contribution is -0.124. The third-order valence-electron chi connectivity index (χ3n) is 4.55. The summed E-state index contributed by atoms with van der Waals surface area (Å²) < 4.78 is 5.41. The molecule has 0 radical (unpaired) electrons. The topological polar surface area (TPSA) is 100 Å². The van der Waals surface area contributed by atoms with Crippen molar-refractivity contribution in [2.75, 3.05) is 13.1 Å². The van der Waals surface area contributed by atoms with E-state index in [2.05, 4.69) is 20.5 Å². The van der Waals surface area contributed by atoms with Crippen LogP contribution in [0.25, 0.3) is 0 Å². The zero-order valence-corrected chi connectivity index (χ0v) is 16.5. The molecule has 2 rings (SSSR count). The van der Waals surface area contributed by atoms with Crippen LogP contribution in [0.5, 0.6) is 0 Å². The fraction of sp³-hybridized carbons (Fsp3) is 0.778. The van der Waals surface area contributed by atoms with Gasteiger partial charge in [-0.3, -0.25) is 9.89 Å². The average Bonchev–Trinajstić information content (AvgIpc) is 3.06. The van der Waals surface area contributed by atoms with Crippen molar-refractivity contribution in [2.45, 2.75) is 71.9 Å². The number of hydrogen-bond acceptors (Lipinski definition) is 5. The number of carbonyl (C=O) groups excluding carboxylic acids is 2. The first kappa shape index (κ1) is 20.2. The quantitative estimate of drug-likeness (QED) is 0.835. The minimum absolute atomic E-state index is 0.00502. The molecule has 26 heavy (non-hydrogen) atoms. The Morgan fingerprint density at radius 1 is 1.35 bits per heavy atom. The van der Waals surface area contributed by atoms with Crippen LogP contribution in [-0.4, -0.2) is 50.8 Å². The third kappa shape index (κ3) is 5.71. The van der Waals surface area contributed by atoms with Gasteiger partial charge >= 0.3 is 6.09 Å². The maximum atomic E-state index is 12.1. The molecule has 1 fully saturated rings. The second kappa shape index (κ2) is 8.51. The number of piperidine rings is 1. The van der Waals surface area contributed by atoms with Crippen LogP contribution in [0, 0.1) is 5.92 Å². The smallest absolute Gasteiger partial charge is 0.410 e. The van der Waals surface area contributed by atoms with E-state index in [4.69, 9.17) is 4.74 Å². The number of amides is 2. The molecule has 8 heteroatoms. The number of H-pyrrole nitrogens is 1. The molecule has 1 atom stereocenters. The number of hydrogen-bond donors (Lipinski definition) is 2. The van der Waals surface area contributed by atoms with Gasteiger partial charge in [0.2, 0.25) is 5.91 Å². The largest absolute Gasteiger partial charge is 0.444 e. The Labute approximate surface area is 155 Å². The van der Waals surface area contributed by atoms with Crippen LogP contribution in [0.1, 0.15) is 71.4 Å². The van der Waals surface area contributed by atoms with Crippen LogP contribution in [0.15, 0.2) is 0 Å². The predicted molar refractivity (Wildman–Crippen MR) is 97.5 cm³/mol. The lowest BCUT2D eigenvalue weighted by atomic mass is 9.96. The fourth-order valence-corrected chi connectivity index (χ4v) is 2.75. The summed E-state index contributed by atoms with van der Waals surface area (Å²) in [5, 5.41) is 10.1. The van der Waals surface area contributed by atoms with E-state index in [0.29, 0.717) is 25.5 Å². The third-order valence-corrected chi connectivity index (χ3v) is 4.55. The minimum atomic E-state index is -0.480. The van der Waals surface area contributed by atoms with Gasteiger partial charge in [-0.1, -0.05) is 13.8 Å². The highest BCUT2D eigenvalue weighted by atomic mass is 16.6. The number of ether oxygens (including phenoxy) is 1. The van der Waals surface area contributed by atoms with Gasteiger partial charge in [-0.25, -0.2) is 9.78 Å². The van der Waals surface area contributed by atoms with Crippen molar-refractivity contribution in [1.82, 2.24) is 25.4 Å². The summed E-state index contributed by atoms with van der Waals surface area (Å²) in [7, 11) is 0. The van der Waals surface area contributed by atoms with Gasteiger partial charge in [-0.15, -0.1) is 0 Å². The maximum absolute atomic E-state index is 12.1. The average molecular weight is 365 g/mol. The minimum Gasteiger partial charge on any atom is -0.444 e. The standard InChI is InChI=1S/C18H31N5O3/c1-6-12(2)16(24)19-11-14-20-15(22-21-14)13-7-9-23(10-8-13)17(25)26-18(3,4)5/h12-13H,6-11H2,1-5H3,(H,19,24)(H,20,21,22). The summed E-state index contributed by atoms with van der Waals surface area (Å²) in [6.07, 6.45) is 2.15. The first-order chi connectivity index (χ1) is 12.2. The SMILES string of the molecule is CCC(C)C(=O)NCc1nc(C2CCN(C(=O)OC(C)(C)C)CC2)n[nH]1. The molecule has 0 bridgehead atoms. The highest BCUT2D eigenvalue weighted by Crippen LogP contribution is 2.26. The molecule has 0 spiro atoms. The monoisotopic (exact) mass is 365 g/mol. The van der Waals surface area contributed by atoms with Crippen molar-refractivity contribution in [1.29, 1.82) is 0 Å². The van der Waals surface area contributed by atoms with E-state index >= 15 is 0 Å². The molecule has 1 aliphatic heterocycles. The maximum Gasteiger partial charge on any atom is 0.410 e. The lowest BCUT2D eigenvalue weighted by Gasteiger charge is -2.32. The van der Waals surface area contributed by atoms with Crippen LogP contribution in [0.3, 0.4) is 0 Å². The van der Waals surface area contributed by atoms with Crippen molar-refractivity contribution in [3.8, 4) is 0 Å². The summed E-state index contributed by atoms with van der Waals surface area (Å²) in [6.45, 7) is 11.1. The van der Waals surface area contributed by atoms with Crippen LogP contribution in [-0.2, 0) is 16.1 Å². The normalized spacial score (nSPS) is 17.0. The Morgan fingerprint density at radius 3 is 2.58 bits per heavy atom. The van der Waals surface area contributed by atoms with Gasteiger partial charge in [0.1, 0.15) is 11.4 Å². The molecular formula is C18H31N5O3. The molecule has 0 aromatic carbocycles. The molecule has 2 heterocycles. The Morgan fingerprint density at radius 2 is 2.00 bits per heavy atom. The van der Waals surface area contributed by atoms with Crippen molar-refractivity contribution >= 4 is 12.0 Å². The number of aromatic nitrogens is 3. The van der Waals surface area contributed by atoms with E-state index in [9.17, 15) is 9.59 Å². The van der Waals surface area contributed by atoms with E-state index in [1.807, 2.05) is 34.6 Å². The van der Waals surface area contributed by atoms with Gasteiger partial charge in [-0.05, 0) is 40.0 Å². The van der Waals surface area contributed by atoms with Crippen LogP contribution >= 0.6 is 0 Å². The molecule has 8 nitrogen and oxygen atoms in total. The molecule has 1 aliphatic rings. The highest BCUT2D eigenvalue weighted by Gasteiger charge is 2.29. The van der Waals surface area contributed by atoms with Crippen LogP contribution < -0.4 is 5.32 Å². The van der Waals surface area contributed by atoms with Gasteiger partial charge in [0.25, 0.3) is 0 Å². The first-order valence-electron chi connectivity index (χ1n) is 9.36. The van der Waals surface area contributed by atoms with Gasteiger partial charge < -0.3 is 15.0 Å². The van der Waals surface area contributed by atoms with Crippen LogP contribution in [0.4, 0.5) is 4.79 Å². The zero-order chi connectivity index (χ0) is 19.3. The Kier molecular flexibility index (Phi) is 6.61. The van der Waals surface area contributed by atoms with E-state index in [-0.39, 0.29) is 23.8 Å². The number of nitrogens with zero attached hydrogens (tertiary/aromatic N) is 3. The summed E-state index contributed by atoms with van der Waals surface area (Å²) in [4.78, 5) is 30.2. The number of aromatic amines is 1. The molecule has 1 aromatic heterocycles. The molecule has 0 aliphatic carbocycles. The number of carbonyl (C=O) groups is 2. The fourth-order valence-electron chi connectivity index (χ4n) is 2.75. The summed E-state index contributed by atoms with van der Waals surface area (Å²) in [6, 6.07) is 0.